The fourth-order valence-corrected chi connectivity index (χ4v) is 4.88. The summed E-state index contributed by atoms with van der Waals surface area (Å²) >= 11 is 0. The first-order chi connectivity index (χ1) is 18.5. The number of hydrogen-bond acceptors (Lipinski definition) is 4. The van der Waals surface area contributed by atoms with E-state index in [1.54, 1.807) is 24.5 Å². The minimum absolute atomic E-state index is 0.248. The number of aromatic nitrogens is 5. The number of rotatable bonds is 7. The van der Waals surface area contributed by atoms with Gasteiger partial charge in [0.25, 0.3) is 0 Å². The molecule has 6 rings (SSSR count). The summed E-state index contributed by atoms with van der Waals surface area (Å²) in [7, 11) is 0. The van der Waals surface area contributed by atoms with Crippen LogP contribution in [0.25, 0.3) is 55.6 Å². The Bertz CT molecular complexity index is 1800. The molecule has 0 saturated carbocycles. The third-order valence-electron chi connectivity index (χ3n) is 6.55. The van der Waals surface area contributed by atoms with Crippen LogP contribution >= 0.6 is 0 Å². The Morgan fingerprint density at radius 2 is 1.76 bits per heavy atom. The van der Waals surface area contributed by atoms with Crippen molar-refractivity contribution in [1.82, 2.24) is 25.1 Å². The molecule has 2 aromatic carbocycles. The van der Waals surface area contributed by atoms with Crippen LogP contribution < -0.4 is 5.32 Å². The van der Waals surface area contributed by atoms with Crippen molar-refractivity contribution in [1.29, 1.82) is 0 Å². The number of fused-ring (bicyclic) bond motifs is 2. The minimum Gasteiger partial charge on any atom is -0.358 e. The zero-order valence-electron chi connectivity index (χ0n) is 21.2. The number of benzene rings is 2. The van der Waals surface area contributed by atoms with Crippen LogP contribution in [0.3, 0.4) is 0 Å². The minimum atomic E-state index is -0.248. The van der Waals surface area contributed by atoms with Crippen molar-refractivity contribution in [2.75, 3.05) is 5.32 Å². The Hall–Kier alpha value is -4.78. The predicted octanol–water partition coefficient (Wildman–Crippen LogP) is 7.95. The van der Waals surface area contributed by atoms with E-state index >= 15 is 0 Å². The van der Waals surface area contributed by atoms with E-state index < -0.39 is 0 Å². The van der Waals surface area contributed by atoms with Crippen molar-refractivity contribution in [2.45, 2.75) is 20.3 Å². The highest BCUT2D eigenvalue weighted by atomic mass is 19.1. The summed E-state index contributed by atoms with van der Waals surface area (Å²) in [5, 5.41) is 12.7. The number of allylic oxidation sites excluding steroid dienone is 1. The SMILES string of the molecule is C=C(CC(C)C)Nc1cncc(-c2cnc3n[nH]c(-c4cc5c(-c6ccccc6F)cccc5[nH]4)c3c2)c1. The Labute approximate surface area is 219 Å². The molecular weight excluding hydrogens is 475 g/mol. The van der Waals surface area contributed by atoms with Crippen LogP contribution in [0.4, 0.5) is 10.1 Å². The van der Waals surface area contributed by atoms with Crippen LogP contribution in [0.15, 0.2) is 91.5 Å². The highest BCUT2D eigenvalue weighted by Crippen LogP contribution is 2.35. The predicted molar refractivity (Wildman–Crippen MR) is 152 cm³/mol. The lowest BCUT2D eigenvalue weighted by atomic mass is 10.0. The summed E-state index contributed by atoms with van der Waals surface area (Å²) in [4.78, 5) is 12.5. The van der Waals surface area contributed by atoms with Crippen LogP contribution in [-0.2, 0) is 0 Å². The van der Waals surface area contributed by atoms with E-state index in [0.717, 1.165) is 62.2 Å². The van der Waals surface area contributed by atoms with E-state index in [1.165, 1.54) is 6.07 Å². The Balaban J connectivity index is 1.39. The van der Waals surface area contributed by atoms with Gasteiger partial charge in [-0.15, -0.1) is 0 Å². The number of halogens is 1. The van der Waals surface area contributed by atoms with E-state index in [0.29, 0.717) is 17.1 Å². The molecule has 4 heterocycles. The zero-order chi connectivity index (χ0) is 26.2. The Morgan fingerprint density at radius 1 is 0.947 bits per heavy atom. The van der Waals surface area contributed by atoms with Crippen LogP contribution in [-0.4, -0.2) is 25.1 Å². The molecule has 0 bridgehead atoms. The topological polar surface area (TPSA) is 82.3 Å². The first kappa shape index (κ1) is 23.6. The third-order valence-corrected chi connectivity index (χ3v) is 6.55. The second-order valence-electron chi connectivity index (χ2n) is 9.91. The van der Waals surface area contributed by atoms with Gasteiger partial charge in [0.2, 0.25) is 0 Å². The molecule has 188 valence electrons. The number of anilines is 1. The summed E-state index contributed by atoms with van der Waals surface area (Å²) in [6, 6.07) is 18.8. The van der Waals surface area contributed by atoms with E-state index in [9.17, 15) is 4.39 Å². The van der Waals surface area contributed by atoms with E-state index in [1.807, 2.05) is 42.6 Å². The van der Waals surface area contributed by atoms with E-state index in [-0.39, 0.29) is 5.82 Å². The number of hydrogen-bond donors (Lipinski definition) is 3. The molecule has 0 aliphatic carbocycles. The van der Waals surface area contributed by atoms with Crippen molar-refractivity contribution < 1.29 is 4.39 Å². The van der Waals surface area contributed by atoms with Gasteiger partial charge in [-0.1, -0.05) is 50.8 Å². The molecule has 7 heteroatoms. The summed E-state index contributed by atoms with van der Waals surface area (Å²) in [5.74, 6) is 0.270. The van der Waals surface area contributed by atoms with Crippen LogP contribution in [0.5, 0.6) is 0 Å². The molecule has 0 spiro atoms. The molecule has 6 nitrogen and oxygen atoms in total. The molecule has 0 unspecified atom stereocenters. The lowest BCUT2D eigenvalue weighted by molar-refractivity contribution is 0.631. The van der Waals surface area contributed by atoms with E-state index in [4.69, 9.17) is 0 Å². The maximum absolute atomic E-state index is 14.6. The van der Waals surface area contributed by atoms with Crippen molar-refractivity contribution in [3.8, 4) is 33.6 Å². The summed E-state index contributed by atoms with van der Waals surface area (Å²) < 4.78 is 14.6. The monoisotopic (exact) mass is 502 g/mol. The molecule has 0 amide bonds. The molecule has 0 saturated heterocycles. The number of nitrogens with one attached hydrogen (secondary N) is 3. The zero-order valence-corrected chi connectivity index (χ0v) is 21.2. The van der Waals surface area contributed by atoms with Crippen LogP contribution in [0, 0.1) is 11.7 Å². The van der Waals surface area contributed by atoms with Gasteiger partial charge < -0.3 is 10.3 Å². The largest absolute Gasteiger partial charge is 0.358 e. The molecule has 0 radical (unpaired) electrons. The summed E-state index contributed by atoms with van der Waals surface area (Å²) in [6.07, 6.45) is 6.31. The van der Waals surface area contributed by atoms with Gasteiger partial charge >= 0.3 is 0 Å². The molecule has 0 fully saturated rings. The first-order valence-corrected chi connectivity index (χ1v) is 12.6. The Morgan fingerprint density at radius 3 is 2.61 bits per heavy atom. The first-order valence-electron chi connectivity index (χ1n) is 12.6. The van der Waals surface area contributed by atoms with Gasteiger partial charge in [0, 0.05) is 51.1 Å². The average molecular weight is 503 g/mol. The molecule has 38 heavy (non-hydrogen) atoms. The van der Waals surface area contributed by atoms with Gasteiger partial charge in [-0.05, 0) is 48.2 Å². The van der Waals surface area contributed by atoms with Crippen molar-refractivity contribution >= 4 is 27.6 Å². The van der Waals surface area contributed by atoms with Gasteiger partial charge in [0.05, 0.1) is 23.3 Å². The van der Waals surface area contributed by atoms with Crippen LogP contribution in [0.2, 0.25) is 0 Å². The highest BCUT2D eigenvalue weighted by Gasteiger charge is 2.16. The second kappa shape index (κ2) is 9.59. The number of aromatic amines is 2. The van der Waals surface area contributed by atoms with E-state index in [2.05, 4.69) is 57.0 Å². The molecule has 3 N–H and O–H groups in total. The van der Waals surface area contributed by atoms with Gasteiger partial charge in [0.1, 0.15) is 5.82 Å². The van der Waals surface area contributed by atoms with Gasteiger partial charge in [0.15, 0.2) is 5.65 Å². The molecule has 0 aliphatic heterocycles. The third kappa shape index (κ3) is 4.43. The van der Waals surface area contributed by atoms with Gasteiger partial charge in [-0.2, -0.15) is 5.10 Å². The average Bonchev–Trinajstić information content (AvgIpc) is 3.52. The van der Waals surface area contributed by atoms with Crippen LogP contribution in [0.1, 0.15) is 20.3 Å². The molecule has 0 aliphatic rings. The van der Waals surface area contributed by atoms with Crippen molar-refractivity contribution in [2.24, 2.45) is 5.92 Å². The maximum Gasteiger partial charge on any atom is 0.181 e. The standard InChI is InChI=1S/C31H27FN6/c1-18(2)11-19(3)35-22-12-20(15-33-17-22)21-13-26-30(37-38-31(26)34-16-21)29-14-25-23(8-6-10-28(25)36-29)24-7-4-5-9-27(24)32/h4-10,12-18,35-36H,3,11H2,1-2H3,(H,34,37,38). The second-order valence-corrected chi connectivity index (χ2v) is 9.91. The quantitative estimate of drug-likeness (QED) is 0.207. The fraction of sp³-hybridized carbons (Fsp3) is 0.129. The lowest BCUT2D eigenvalue weighted by Gasteiger charge is -2.12. The number of pyridine rings is 2. The summed E-state index contributed by atoms with van der Waals surface area (Å²) in [6.45, 7) is 8.46. The normalized spacial score (nSPS) is 11.5. The molecule has 4 aromatic heterocycles. The molecule has 6 aromatic rings. The Kier molecular flexibility index (Phi) is 5.96. The van der Waals surface area contributed by atoms with Gasteiger partial charge in [-0.25, -0.2) is 9.37 Å². The maximum atomic E-state index is 14.6. The number of H-pyrrole nitrogens is 2. The fourth-order valence-electron chi connectivity index (χ4n) is 4.88. The highest BCUT2D eigenvalue weighted by molar-refractivity contribution is 6.01. The van der Waals surface area contributed by atoms with Gasteiger partial charge in [-0.3, -0.25) is 10.1 Å². The molecule has 0 atom stereocenters. The van der Waals surface area contributed by atoms with Crippen molar-refractivity contribution in [3.63, 3.8) is 0 Å². The van der Waals surface area contributed by atoms with Crippen molar-refractivity contribution in [3.05, 3.63) is 97.3 Å². The summed E-state index contributed by atoms with van der Waals surface area (Å²) in [5.41, 5.74) is 8.30. The number of nitrogens with zero attached hydrogens (tertiary/aromatic N) is 3. The molecular formula is C31H27FN6. The smallest absolute Gasteiger partial charge is 0.181 e. The lowest BCUT2D eigenvalue weighted by Crippen LogP contribution is -2.02.